The molecule has 10 heteroatoms. The predicted molar refractivity (Wildman–Crippen MR) is 120 cm³/mol. The smallest absolute Gasteiger partial charge is 0.325 e. The average Bonchev–Trinajstić information content (AvgIpc) is 3.46. The maximum absolute atomic E-state index is 13.4. The van der Waals surface area contributed by atoms with Crippen molar-refractivity contribution < 1.29 is 23.1 Å². The average molecular weight is 470 g/mol. The Morgan fingerprint density at radius 2 is 1.84 bits per heavy atom. The van der Waals surface area contributed by atoms with E-state index in [1.807, 2.05) is 30.3 Å². The molecular weight excluding hydrogens is 450 g/mol. The van der Waals surface area contributed by atoms with Crippen LogP contribution in [0.25, 0.3) is 32.3 Å². The quantitative estimate of drug-likeness (QED) is 0.456. The van der Waals surface area contributed by atoms with Gasteiger partial charge in [0.05, 0.1) is 20.8 Å². The number of hydrogen-bond donors (Lipinski definition) is 2. The summed E-state index contributed by atoms with van der Waals surface area (Å²) in [7, 11) is -4.13. The van der Waals surface area contributed by atoms with Crippen molar-refractivity contribution >= 4 is 37.4 Å². The Hall–Kier alpha value is -3.08. The number of nitrogens with zero attached hydrogens (tertiary/aromatic N) is 2. The van der Waals surface area contributed by atoms with Gasteiger partial charge in [-0.25, -0.2) is 18.4 Å². The first-order chi connectivity index (χ1) is 15.4. The van der Waals surface area contributed by atoms with Gasteiger partial charge in [0, 0.05) is 37.8 Å². The molecule has 1 aliphatic rings. The number of rotatable bonds is 5. The number of sulfone groups is 1. The third-order valence-corrected chi connectivity index (χ3v) is 9.24. The van der Waals surface area contributed by atoms with Gasteiger partial charge in [-0.05, 0) is 18.2 Å². The number of aromatic nitrogens is 3. The van der Waals surface area contributed by atoms with Crippen molar-refractivity contribution in [2.24, 2.45) is 0 Å². The molecule has 0 bridgehead atoms. The van der Waals surface area contributed by atoms with Gasteiger partial charge in [-0.2, -0.15) is 0 Å². The summed E-state index contributed by atoms with van der Waals surface area (Å²) in [5.74, 6) is -0.754. The number of carbonyl (C=O) groups is 1. The van der Waals surface area contributed by atoms with Crippen LogP contribution in [0, 0.1) is 0 Å². The maximum Gasteiger partial charge on any atom is 0.325 e. The van der Waals surface area contributed by atoms with E-state index in [4.69, 9.17) is 4.74 Å². The highest BCUT2D eigenvalue weighted by molar-refractivity contribution is 7.93. The predicted octanol–water partition coefficient (Wildman–Crippen LogP) is 3.76. The van der Waals surface area contributed by atoms with Crippen LogP contribution in [0.15, 0.2) is 59.6 Å². The summed E-state index contributed by atoms with van der Waals surface area (Å²) in [6.45, 7) is 0.196. The molecule has 2 aromatic carbocycles. The first-order valence-electron chi connectivity index (χ1n) is 9.98. The van der Waals surface area contributed by atoms with Crippen LogP contribution in [0.2, 0.25) is 0 Å². The van der Waals surface area contributed by atoms with Crippen LogP contribution in [0.3, 0.4) is 0 Å². The minimum Gasteiger partial charge on any atom is -0.480 e. The number of H-pyrrole nitrogens is 1. The van der Waals surface area contributed by atoms with E-state index in [0.29, 0.717) is 21.0 Å². The molecule has 5 rings (SSSR count). The fraction of sp³-hybridized carbons (Fsp3) is 0.227. The highest BCUT2D eigenvalue weighted by Gasteiger charge is 2.52. The maximum atomic E-state index is 13.4. The van der Waals surface area contributed by atoms with Crippen LogP contribution >= 0.6 is 11.3 Å². The van der Waals surface area contributed by atoms with Crippen LogP contribution in [-0.4, -0.2) is 52.4 Å². The fourth-order valence-corrected chi connectivity index (χ4v) is 6.82. The third-order valence-electron chi connectivity index (χ3n) is 5.72. The van der Waals surface area contributed by atoms with Crippen LogP contribution in [-0.2, 0) is 19.4 Å². The van der Waals surface area contributed by atoms with E-state index in [1.54, 1.807) is 12.3 Å². The molecule has 0 atom stereocenters. The summed E-state index contributed by atoms with van der Waals surface area (Å²) >= 11 is 1.30. The van der Waals surface area contributed by atoms with E-state index in [-0.39, 0.29) is 31.0 Å². The van der Waals surface area contributed by atoms with Gasteiger partial charge in [-0.1, -0.05) is 30.3 Å². The molecule has 0 aliphatic carbocycles. The second-order valence-corrected chi connectivity index (χ2v) is 10.9. The first-order valence-corrected chi connectivity index (χ1v) is 12.3. The van der Waals surface area contributed by atoms with E-state index < -0.39 is 20.6 Å². The van der Waals surface area contributed by atoms with Crippen LogP contribution in [0.1, 0.15) is 12.8 Å². The summed E-state index contributed by atoms with van der Waals surface area (Å²) < 4.78 is 30.7. The molecule has 1 aliphatic heterocycles. The van der Waals surface area contributed by atoms with Crippen molar-refractivity contribution in [3.63, 3.8) is 0 Å². The number of thiazole rings is 1. The Balaban J connectivity index is 1.52. The Bertz CT molecular complexity index is 1400. The van der Waals surface area contributed by atoms with E-state index in [2.05, 4.69) is 15.0 Å². The molecule has 0 amide bonds. The topological polar surface area (TPSA) is 122 Å². The van der Waals surface area contributed by atoms with Gasteiger partial charge < -0.3 is 14.8 Å². The number of imidazole rings is 1. The van der Waals surface area contributed by atoms with E-state index >= 15 is 0 Å². The molecule has 1 fully saturated rings. The van der Waals surface area contributed by atoms with Crippen LogP contribution < -0.4 is 0 Å². The standard InChI is InChI=1S/C22H19N3O5S2/c26-21(27)22(8-10-30-11-9-22)32(28,29)15-6-7-16-18(12-15)31-20(25-16)19-23-13-17(24-19)14-4-2-1-3-5-14/h1-7,12-13H,8-11H2,(H,23,24)(H,26,27). The summed E-state index contributed by atoms with van der Waals surface area (Å²) in [6, 6.07) is 14.3. The number of hydrogen-bond acceptors (Lipinski definition) is 7. The molecular formula is C22H19N3O5S2. The summed E-state index contributed by atoms with van der Waals surface area (Å²) in [6.07, 6.45) is 1.64. The number of fused-ring (bicyclic) bond motifs is 1. The van der Waals surface area contributed by atoms with Crippen LogP contribution in [0.5, 0.6) is 0 Å². The SMILES string of the molecule is O=C(O)C1(S(=O)(=O)c2ccc3nc(-c4nc(-c5ccccc5)c[nH]4)sc3c2)CCOCC1. The first kappa shape index (κ1) is 20.8. The Morgan fingerprint density at radius 3 is 2.56 bits per heavy atom. The van der Waals surface area contributed by atoms with Crippen molar-refractivity contribution in [1.82, 2.24) is 15.0 Å². The number of benzene rings is 2. The van der Waals surface area contributed by atoms with Gasteiger partial charge in [0.2, 0.25) is 0 Å². The lowest BCUT2D eigenvalue weighted by molar-refractivity contribution is -0.142. The molecule has 0 unspecified atom stereocenters. The molecule has 3 heterocycles. The van der Waals surface area contributed by atoms with Gasteiger partial charge >= 0.3 is 5.97 Å². The Labute approximate surface area is 187 Å². The highest BCUT2D eigenvalue weighted by Crippen LogP contribution is 2.38. The van der Waals surface area contributed by atoms with Crippen LogP contribution in [0.4, 0.5) is 0 Å². The molecule has 0 saturated carbocycles. The number of carboxylic acids is 1. The summed E-state index contributed by atoms with van der Waals surface area (Å²) in [5, 5.41) is 10.4. The second kappa shape index (κ2) is 7.80. The van der Waals surface area contributed by atoms with Crippen molar-refractivity contribution in [3.05, 3.63) is 54.7 Å². The number of nitrogens with one attached hydrogen (secondary N) is 1. The molecule has 32 heavy (non-hydrogen) atoms. The van der Waals surface area contributed by atoms with E-state index in [9.17, 15) is 18.3 Å². The second-order valence-electron chi connectivity index (χ2n) is 7.56. The third kappa shape index (κ3) is 3.31. The number of aromatic amines is 1. The number of carboxylic acid groups (broad SMARTS) is 1. The van der Waals surface area contributed by atoms with Gasteiger partial charge in [0.25, 0.3) is 0 Å². The van der Waals surface area contributed by atoms with Crippen molar-refractivity contribution in [3.8, 4) is 22.1 Å². The largest absolute Gasteiger partial charge is 0.480 e. The lowest BCUT2D eigenvalue weighted by Crippen LogP contribution is -2.50. The lowest BCUT2D eigenvalue weighted by Gasteiger charge is -2.32. The summed E-state index contributed by atoms with van der Waals surface area (Å²) in [4.78, 5) is 24.3. The highest BCUT2D eigenvalue weighted by atomic mass is 32.2. The van der Waals surface area contributed by atoms with E-state index in [1.165, 1.54) is 23.5 Å². The van der Waals surface area contributed by atoms with Crippen molar-refractivity contribution in [2.45, 2.75) is 22.5 Å². The summed E-state index contributed by atoms with van der Waals surface area (Å²) in [5.41, 5.74) is 2.38. The van der Waals surface area contributed by atoms with Gasteiger partial charge in [0.15, 0.2) is 25.4 Å². The van der Waals surface area contributed by atoms with Crippen molar-refractivity contribution in [2.75, 3.05) is 13.2 Å². The molecule has 1 saturated heterocycles. The molecule has 2 aromatic heterocycles. The fourth-order valence-electron chi connectivity index (χ4n) is 3.89. The van der Waals surface area contributed by atoms with E-state index in [0.717, 1.165) is 11.3 Å². The number of ether oxygens (including phenoxy) is 1. The molecule has 8 nitrogen and oxygen atoms in total. The molecule has 0 radical (unpaired) electrons. The molecule has 164 valence electrons. The zero-order chi connectivity index (χ0) is 22.3. The minimum absolute atomic E-state index is 0.0195. The monoisotopic (exact) mass is 469 g/mol. The normalized spacial score (nSPS) is 16.2. The minimum atomic E-state index is -4.13. The molecule has 2 N–H and O–H groups in total. The lowest BCUT2D eigenvalue weighted by atomic mass is 9.99. The Kier molecular flexibility index (Phi) is 5.07. The molecule has 0 spiro atoms. The Morgan fingerprint density at radius 1 is 1.09 bits per heavy atom. The van der Waals surface area contributed by atoms with Crippen molar-refractivity contribution in [1.29, 1.82) is 0 Å². The molecule has 4 aromatic rings. The van der Waals surface area contributed by atoms with Gasteiger partial charge in [-0.15, -0.1) is 11.3 Å². The van der Waals surface area contributed by atoms with Gasteiger partial charge in [-0.3, -0.25) is 4.79 Å². The van der Waals surface area contributed by atoms with Gasteiger partial charge in [0.1, 0.15) is 0 Å². The zero-order valence-electron chi connectivity index (χ0n) is 16.8. The zero-order valence-corrected chi connectivity index (χ0v) is 18.4. The number of aliphatic carboxylic acids is 1.